The lowest BCUT2D eigenvalue weighted by Gasteiger charge is -2.25. The van der Waals surface area contributed by atoms with Crippen LogP contribution in [0, 0.1) is 22.6 Å². The second-order valence-corrected chi connectivity index (χ2v) is 10.2. The van der Waals surface area contributed by atoms with Crippen LogP contribution in [0.1, 0.15) is 42.9 Å². The Morgan fingerprint density at radius 1 is 1.23 bits per heavy atom. The summed E-state index contributed by atoms with van der Waals surface area (Å²) in [5.41, 5.74) is 1.56. The molecule has 3 aliphatic rings. The van der Waals surface area contributed by atoms with Gasteiger partial charge in [-0.2, -0.15) is 5.26 Å². The van der Waals surface area contributed by atoms with Crippen molar-refractivity contribution in [1.29, 1.82) is 5.26 Å². The van der Waals surface area contributed by atoms with Gasteiger partial charge in [-0.05, 0) is 62.6 Å². The van der Waals surface area contributed by atoms with Crippen LogP contribution >= 0.6 is 11.6 Å². The van der Waals surface area contributed by atoms with Crippen molar-refractivity contribution in [2.75, 3.05) is 31.1 Å². The first-order valence-electron chi connectivity index (χ1n) is 11.9. The van der Waals surface area contributed by atoms with E-state index in [9.17, 15) is 9.18 Å². The highest BCUT2D eigenvalue weighted by Gasteiger charge is 2.41. The molecule has 1 saturated carbocycles. The van der Waals surface area contributed by atoms with E-state index in [0.29, 0.717) is 23.0 Å². The van der Waals surface area contributed by atoms with Crippen molar-refractivity contribution in [3.05, 3.63) is 69.0 Å². The van der Waals surface area contributed by atoms with Crippen LogP contribution in [0.4, 0.5) is 10.2 Å². The lowest BCUT2D eigenvalue weighted by Crippen LogP contribution is -2.32. The number of hydrogen-bond acceptors (Lipinski definition) is 6. The van der Waals surface area contributed by atoms with Crippen LogP contribution in [0.2, 0.25) is 5.02 Å². The fourth-order valence-electron chi connectivity index (χ4n) is 5.29. The number of hydrogen-bond donors (Lipinski definition) is 1. The maximum atomic E-state index is 14.6. The third kappa shape index (κ3) is 3.89. The number of nitrogens with one attached hydrogen (secondary N) is 1. The fraction of sp³-hybridized carbons (Fsp3) is 0.385. The summed E-state index contributed by atoms with van der Waals surface area (Å²) in [4.78, 5) is 25.1. The van der Waals surface area contributed by atoms with Crippen molar-refractivity contribution in [2.45, 2.75) is 31.6 Å². The number of nitrogens with zero attached hydrogens (tertiary/aromatic N) is 5. The van der Waals surface area contributed by atoms with Crippen LogP contribution in [0.5, 0.6) is 0 Å². The molecule has 1 aliphatic carbocycles. The number of halogens is 2. The molecule has 3 aromatic rings. The van der Waals surface area contributed by atoms with E-state index in [1.54, 1.807) is 12.3 Å². The summed E-state index contributed by atoms with van der Waals surface area (Å²) in [6, 6.07) is 9.84. The van der Waals surface area contributed by atoms with Crippen molar-refractivity contribution in [3.8, 4) is 23.1 Å². The van der Waals surface area contributed by atoms with Crippen molar-refractivity contribution >= 4 is 17.4 Å². The molecule has 4 heterocycles. The van der Waals surface area contributed by atoms with Gasteiger partial charge in [-0.15, -0.1) is 0 Å². The largest absolute Gasteiger partial charge is 0.355 e. The molecule has 1 spiro atoms. The monoisotopic (exact) mass is 490 g/mol. The van der Waals surface area contributed by atoms with Crippen molar-refractivity contribution in [1.82, 2.24) is 19.9 Å². The van der Waals surface area contributed by atoms with Crippen LogP contribution in [0.25, 0.3) is 17.1 Å². The van der Waals surface area contributed by atoms with Gasteiger partial charge in [0.05, 0.1) is 17.4 Å². The molecule has 1 unspecified atom stereocenters. The molecule has 178 valence electrons. The van der Waals surface area contributed by atoms with Gasteiger partial charge in [-0.25, -0.2) is 9.37 Å². The fourth-order valence-corrected chi connectivity index (χ4v) is 5.53. The molecule has 35 heavy (non-hydrogen) atoms. The first kappa shape index (κ1) is 22.2. The Bertz CT molecular complexity index is 1400. The van der Waals surface area contributed by atoms with E-state index >= 15 is 0 Å². The van der Waals surface area contributed by atoms with Gasteiger partial charge >= 0.3 is 0 Å². The molecule has 7 nitrogen and oxygen atoms in total. The summed E-state index contributed by atoms with van der Waals surface area (Å²) in [5, 5.41) is 12.6. The van der Waals surface area contributed by atoms with Gasteiger partial charge in [0.2, 0.25) is 0 Å². The quantitative estimate of drug-likeness (QED) is 0.594. The normalized spacial score (nSPS) is 21.6. The minimum absolute atomic E-state index is 0.0390. The van der Waals surface area contributed by atoms with Gasteiger partial charge < -0.3 is 10.2 Å². The van der Waals surface area contributed by atoms with Crippen LogP contribution in [-0.4, -0.2) is 40.7 Å². The third-order valence-corrected chi connectivity index (χ3v) is 7.78. The minimum atomic E-state index is -0.665. The zero-order valence-electron chi connectivity index (χ0n) is 19.1. The zero-order valence-corrected chi connectivity index (χ0v) is 19.9. The van der Waals surface area contributed by atoms with E-state index in [1.807, 2.05) is 18.2 Å². The first-order valence-corrected chi connectivity index (χ1v) is 12.3. The SMILES string of the molecule is N#Cc1ccc(-c2nc(N3CCC4(CCNC4)C3)c(Cl)c(=O)n2-c2ccc(C3CC3)nc2)cc1F. The van der Waals surface area contributed by atoms with E-state index in [2.05, 4.69) is 15.2 Å². The molecule has 2 saturated heterocycles. The van der Waals surface area contributed by atoms with Crippen LogP contribution < -0.4 is 15.8 Å². The molecule has 0 amide bonds. The minimum Gasteiger partial charge on any atom is -0.355 e. The maximum Gasteiger partial charge on any atom is 0.279 e. The third-order valence-electron chi connectivity index (χ3n) is 7.45. The Balaban J connectivity index is 1.50. The predicted octanol–water partition coefficient (Wildman–Crippen LogP) is 4.03. The average molecular weight is 491 g/mol. The number of rotatable bonds is 4. The van der Waals surface area contributed by atoms with Gasteiger partial charge in [-0.3, -0.25) is 14.3 Å². The summed E-state index contributed by atoms with van der Waals surface area (Å²) in [6.45, 7) is 3.42. The van der Waals surface area contributed by atoms with E-state index < -0.39 is 11.4 Å². The molecule has 3 fully saturated rings. The molecular weight excluding hydrogens is 467 g/mol. The topological polar surface area (TPSA) is 86.8 Å². The van der Waals surface area contributed by atoms with Crippen molar-refractivity contribution < 1.29 is 4.39 Å². The molecule has 0 radical (unpaired) electrons. The lowest BCUT2D eigenvalue weighted by molar-refractivity contribution is 0.369. The molecule has 6 rings (SSSR count). The lowest BCUT2D eigenvalue weighted by atomic mass is 9.87. The molecule has 1 aromatic carbocycles. The Hall–Kier alpha value is -3.28. The van der Waals surface area contributed by atoms with E-state index in [-0.39, 0.29) is 21.8 Å². The van der Waals surface area contributed by atoms with E-state index in [1.165, 1.54) is 16.7 Å². The van der Waals surface area contributed by atoms with Crippen molar-refractivity contribution in [2.24, 2.45) is 5.41 Å². The second-order valence-electron chi connectivity index (χ2n) is 9.83. The van der Waals surface area contributed by atoms with Crippen LogP contribution in [0.15, 0.2) is 41.3 Å². The summed E-state index contributed by atoms with van der Waals surface area (Å²) in [7, 11) is 0. The Morgan fingerprint density at radius 2 is 2.09 bits per heavy atom. The summed E-state index contributed by atoms with van der Waals surface area (Å²) < 4.78 is 16.0. The molecule has 1 atom stereocenters. The first-order chi connectivity index (χ1) is 17.0. The Morgan fingerprint density at radius 3 is 2.74 bits per heavy atom. The molecule has 2 aliphatic heterocycles. The summed E-state index contributed by atoms with van der Waals surface area (Å²) in [6.07, 6.45) is 5.96. The summed E-state index contributed by atoms with van der Waals surface area (Å²) in [5.74, 6) is 0.495. The number of nitriles is 1. The van der Waals surface area contributed by atoms with Gasteiger partial charge in [0, 0.05) is 42.2 Å². The summed E-state index contributed by atoms with van der Waals surface area (Å²) >= 11 is 6.66. The Labute approximate surface area is 207 Å². The molecule has 1 N–H and O–H groups in total. The zero-order chi connectivity index (χ0) is 24.2. The number of aromatic nitrogens is 3. The molecule has 0 bridgehead atoms. The average Bonchev–Trinajstić information content (AvgIpc) is 3.49. The number of anilines is 1. The van der Waals surface area contributed by atoms with Crippen LogP contribution in [-0.2, 0) is 0 Å². The molecule has 2 aromatic heterocycles. The highest BCUT2D eigenvalue weighted by Crippen LogP contribution is 2.40. The van der Waals surface area contributed by atoms with E-state index in [0.717, 1.165) is 57.6 Å². The van der Waals surface area contributed by atoms with Crippen molar-refractivity contribution in [3.63, 3.8) is 0 Å². The van der Waals surface area contributed by atoms with Crippen LogP contribution in [0.3, 0.4) is 0 Å². The highest BCUT2D eigenvalue weighted by molar-refractivity contribution is 6.32. The second kappa shape index (κ2) is 8.43. The predicted molar refractivity (Wildman–Crippen MR) is 131 cm³/mol. The van der Waals surface area contributed by atoms with Gasteiger partial charge in [-0.1, -0.05) is 11.6 Å². The van der Waals surface area contributed by atoms with Gasteiger partial charge in [0.15, 0.2) is 5.82 Å². The van der Waals surface area contributed by atoms with Gasteiger partial charge in [0.1, 0.15) is 22.7 Å². The molecular formula is C26H24ClFN6O. The standard InChI is InChI=1S/C26H24ClFN6O/c27-22-24(33-10-8-26(15-33)7-9-30-14-26)32-23(17-3-4-18(12-29)20(28)11-17)34(25(22)35)19-5-6-21(31-13-19)16-1-2-16/h3-6,11,13,16,30H,1-2,7-10,14-15H2. The van der Waals surface area contributed by atoms with Gasteiger partial charge in [0.25, 0.3) is 5.56 Å². The van der Waals surface area contributed by atoms with E-state index in [4.69, 9.17) is 21.8 Å². The highest BCUT2D eigenvalue weighted by atomic mass is 35.5. The Kier molecular flexibility index (Phi) is 5.35. The number of pyridine rings is 1. The smallest absolute Gasteiger partial charge is 0.279 e. The maximum absolute atomic E-state index is 14.6. The molecule has 9 heteroatoms. The number of benzene rings is 1.